The maximum atomic E-state index is 9.84. The number of rotatable bonds is 1. The van der Waals surface area contributed by atoms with Crippen LogP contribution in [-0.4, -0.2) is 29.1 Å². The molecule has 1 aromatic heterocycles. The van der Waals surface area contributed by atoms with Gasteiger partial charge in [0.25, 0.3) is 0 Å². The van der Waals surface area contributed by atoms with Gasteiger partial charge in [-0.2, -0.15) is 0 Å². The lowest BCUT2D eigenvalue weighted by Gasteiger charge is -2.52. The molecule has 3 heteroatoms. The molecule has 3 nitrogen and oxygen atoms in total. The van der Waals surface area contributed by atoms with Gasteiger partial charge in [0.05, 0.1) is 0 Å². The van der Waals surface area contributed by atoms with E-state index in [9.17, 15) is 5.11 Å². The monoisotopic (exact) mass is 297 g/mol. The molecule has 0 amide bonds. The zero-order valence-corrected chi connectivity index (χ0v) is 13.1. The van der Waals surface area contributed by atoms with Crippen LogP contribution in [0.3, 0.4) is 0 Å². The highest BCUT2D eigenvalue weighted by Crippen LogP contribution is 2.51. The van der Waals surface area contributed by atoms with E-state index in [1.807, 2.05) is 12.1 Å². The first-order chi connectivity index (χ1) is 10.7. The molecule has 2 aromatic rings. The fourth-order valence-electron chi connectivity index (χ4n) is 5.52. The van der Waals surface area contributed by atoms with Crippen LogP contribution >= 0.6 is 0 Å². The van der Waals surface area contributed by atoms with Crippen LogP contribution < -0.4 is 0 Å². The molecular weight excluding hydrogens is 274 g/mol. The van der Waals surface area contributed by atoms with Crippen molar-refractivity contribution in [3.63, 3.8) is 0 Å². The zero-order valence-electron chi connectivity index (χ0n) is 13.1. The first-order valence-electron chi connectivity index (χ1n) is 8.73. The Morgan fingerprint density at radius 2 is 2.23 bits per heavy atom. The van der Waals surface area contributed by atoms with Crippen LogP contribution in [0.5, 0.6) is 5.75 Å². The van der Waals surface area contributed by atoms with Crippen molar-refractivity contribution in [3.05, 3.63) is 29.5 Å². The Morgan fingerprint density at radius 1 is 1.32 bits per heavy atom. The summed E-state index contributed by atoms with van der Waals surface area (Å²) in [5, 5.41) is 11.0. The van der Waals surface area contributed by atoms with E-state index in [1.54, 1.807) is 6.07 Å². The number of phenolic OH excluding ortho intramolecular Hbond substituents is 1. The summed E-state index contributed by atoms with van der Waals surface area (Å²) in [6, 6.07) is 6.22. The van der Waals surface area contributed by atoms with E-state index in [4.69, 9.17) is 4.42 Å². The molecule has 0 unspecified atom stereocenters. The average molecular weight is 297 g/mol. The lowest BCUT2D eigenvalue weighted by atomic mass is 9.65. The summed E-state index contributed by atoms with van der Waals surface area (Å²) < 4.78 is 6.32. The second-order valence-corrected chi connectivity index (χ2v) is 7.47. The molecule has 116 valence electrons. The summed E-state index contributed by atoms with van der Waals surface area (Å²) in [6.07, 6.45) is 5.04. The van der Waals surface area contributed by atoms with Gasteiger partial charge < -0.3 is 9.52 Å². The highest BCUT2D eigenvalue weighted by atomic mass is 16.3. The molecule has 3 aliphatic heterocycles. The van der Waals surface area contributed by atoms with Crippen molar-refractivity contribution in [2.75, 3.05) is 13.1 Å². The van der Waals surface area contributed by atoms with Gasteiger partial charge in [-0.1, -0.05) is 13.3 Å². The normalized spacial score (nSPS) is 36.3. The molecule has 0 radical (unpaired) electrons. The van der Waals surface area contributed by atoms with E-state index in [0.717, 1.165) is 35.8 Å². The number of benzene rings is 1. The van der Waals surface area contributed by atoms with Crippen LogP contribution in [0, 0.1) is 11.8 Å². The standard InChI is InChI=1S/C19H23NO2/c1-2-12-7-11-8-16-18(12)20(10-11)6-5-14-15-9-13(21)3-4-17(15)22-19(14)16/h3-4,9,11-12,16,18,21H,2,5-8,10H2,1H3/t11-,12+,16-,18+/m1/s1. The molecule has 4 aliphatic rings. The van der Waals surface area contributed by atoms with Crippen molar-refractivity contribution in [2.45, 2.75) is 44.6 Å². The zero-order chi connectivity index (χ0) is 14.8. The Labute approximate surface area is 130 Å². The number of aromatic hydroxyl groups is 1. The Hall–Kier alpha value is -1.48. The fraction of sp³-hybridized carbons (Fsp3) is 0.579. The maximum absolute atomic E-state index is 9.84. The van der Waals surface area contributed by atoms with E-state index in [0.29, 0.717) is 17.7 Å². The number of furan rings is 1. The van der Waals surface area contributed by atoms with Gasteiger partial charge >= 0.3 is 0 Å². The van der Waals surface area contributed by atoms with Gasteiger partial charge in [-0.15, -0.1) is 0 Å². The third-order valence-corrected chi connectivity index (χ3v) is 6.35. The molecule has 1 aliphatic carbocycles. The molecule has 3 fully saturated rings. The van der Waals surface area contributed by atoms with Crippen molar-refractivity contribution >= 4 is 11.0 Å². The minimum atomic E-state index is 0.344. The largest absolute Gasteiger partial charge is 0.508 e. The van der Waals surface area contributed by atoms with Gasteiger partial charge in [-0.25, -0.2) is 0 Å². The number of piperidine rings is 2. The summed E-state index contributed by atoms with van der Waals surface area (Å²) in [7, 11) is 0. The summed E-state index contributed by atoms with van der Waals surface area (Å²) in [5.41, 5.74) is 2.31. The van der Waals surface area contributed by atoms with Crippen molar-refractivity contribution in [2.24, 2.45) is 11.8 Å². The van der Waals surface area contributed by atoms with E-state index >= 15 is 0 Å². The fourth-order valence-corrected chi connectivity index (χ4v) is 5.52. The van der Waals surface area contributed by atoms with Crippen LogP contribution in [0.4, 0.5) is 0 Å². The highest BCUT2D eigenvalue weighted by Gasteiger charge is 2.49. The van der Waals surface area contributed by atoms with E-state index in [-0.39, 0.29) is 0 Å². The number of fused-ring (bicyclic) bond motifs is 4. The number of phenols is 1. The van der Waals surface area contributed by atoms with Crippen LogP contribution in [0.1, 0.15) is 43.4 Å². The highest BCUT2D eigenvalue weighted by molar-refractivity contribution is 5.84. The Kier molecular flexibility index (Phi) is 2.67. The number of hydrogen-bond acceptors (Lipinski definition) is 3. The lowest BCUT2D eigenvalue weighted by Crippen LogP contribution is -2.56. The van der Waals surface area contributed by atoms with Crippen LogP contribution in [0.25, 0.3) is 11.0 Å². The predicted molar refractivity (Wildman–Crippen MR) is 86.2 cm³/mol. The molecule has 6 rings (SSSR count). The maximum Gasteiger partial charge on any atom is 0.134 e. The van der Waals surface area contributed by atoms with E-state index in [2.05, 4.69) is 11.8 Å². The third kappa shape index (κ3) is 1.66. The first kappa shape index (κ1) is 13.0. The first-order valence-corrected chi connectivity index (χ1v) is 8.73. The molecule has 0 spiro atoms. The smallest absolute Gasteiger partial charge is 0.134 e. The minimum absolute atomic E-state index is 0.344. The average Bonchev–Trinajstić information content (AvgIpc) is 2.85. The van der Waals surface area contributed by atoms with Crippen LogP contribution in [0.2, 0.25) is 0 Å². The predicted octanol–water partition coefficient (Wildman–Crippen LogP) is 3.90. The number of hydrogen-bond donors (Lipinski definition) is 1. The molecule has 5 atom stereocenters. The Morgan fingerprint density at radius 3 is 3.09 bits per heavy atom. The molecule has 1 aromatic carbocycles. The molecule has 2 saturated heterocycles. The Balaban J connectivity index is 1.69. The molecule has 22 heavy (non-hydrogen) atoms. The summed E-state index contributed by atoms with van der Waals surface area (Å²) in [4.78, 5) is 2.74. The molecule has 1 N–H and O–H groups in total. The molecule has 4 bridgehead atoms. The van der Waals surface area contributed by atoms with E-state index < -0.39 is 0 Å². The van der Waals surface area contributed by atoms with Crippen LogP contribution in [0.15, 0.2) is 22.6 Å². The van der Waals surface area contributed by atoms with Crippen molar-refractivity contribution in [1.29, 1.82) is 0 Å². The van der Waals surface area contributed by atoms with Gasteiger partial charge in [-0.3, -0.25) is 4.90 Å². The van der Waals surface area contributed by atoms with Gasteiger partial charge in [0.15, 0.2) is 0 Å². The molecule has 4 heterocycles. The number of nitrogens with zero attached hydrogens (tertiary/aromatic N) is 1. The summed E-state index contributed by atoms with van der Waals surface area (Å²) >= 11 is 0. The van der Waals surface area contributed by atoms with Crippen molar-refractivity contribution in [3.8, 4) is 5.75 Å². The summed E-state index contributed by atoms with van der Waals surface area (Å²) in [5.74, 6) is 3.80. The topological polar surface area (TPSA) is 36.6 Å². The second-order valence-electron chi connectivity index (χ2n) is 7.47. The van der Waals surface area contributed by atoms with Gasteiger partial charge in [-0.05, 0) is 49.3 Å². The van der Waals surface area contributed by atoms with E-state index in [1.165, 1.54) is 37.1 Å². The SMILES string of the molecule is CC[C@H]1C[C@@H]2C[C@H]3c4oc5ccc(O)cc5c4CC[N@@](C2)[C@@H]13. The third-order valence-electron chi connectivity index (χ3n) is 6.35. The van der Waals surface area contributed by atoms with Crippen LogP contribution in [-0.2, 0) is 6.42 Å². The van der Waals surface area contributed by atoms with Crippen molar-refractivity contribution < 1.29 is 9.52 Å². The van der Waals surface area contributed by atoms with Crippen molar-refractivity contribution in [1.82, 2.24) is 4.90 Å². The van der Waals surface area contributed by atoms with Gasteiger partial charge in [0.2, 0.25) is 0 Å². The minimum Gasteiger partial charge on any atom is -0.508 e. The lowest BCUT2D eigenvalue weighted by molar-refractivity contribution is -0.0169. The second kappa shape index (κ2) is 4.51. The van der Waals surface area contributed by atoms with Gasteiger partial charge in [0, 0.05) is 36.0 Å². The summed E-state index contributed by atoms with van der Waals surface area (Å²) in [6.45, 7) is 4.77. The van der Waals surface area contributed by atoms with Gasteiger partial charge in [0.1, 0.15) is 17.1 Å². The Bertz CT molecular complexity index is 734. The molecular formula is C19H23NO2. The quantitative estimate of drug-likeness (QED) is 0.867. The molecule has 1 saturated carbocycles.